The largest absolute Gasteiger partial charge is 0.478 e. The fourth-order valence-electron chi connectivity index (χ4n) is 1.97. The van der Waals surface area contributed by atoms with Crippen LogP contribution in [0, 0.1) is 17.7 Å². The first kappa shape index (κ1) is 18.0. The summed E-state index contributed by atoms with van der Waals surface area (Å²) in [5, 5.41) is 11.6. The SMILES string of the molecule is O=C(NCCC#Cc1cc(F)ccc1C(=O)O)OCc1ccccc1. The lowest BCUT2D eigenvalue weighted by molar-refractivity contribution is 0.0696. The molecule has 2 N–H and O–H groups in total. The van der Waals surface area contributed by atoms with Gasteiger partial charge in [-0.3, -0.25) is 0 Å². The van der Waals surface area contributed by atoms with Crippen LogP contribution in [0.4, 0.5) is 9.18 Å². The van der Waals surface area contributed by atoms with E-state index in [2.05, 4.69) is 17.2 Å². The predicted octanol–water partition coefficient (Wildman–Crippen LogP) is 3.19. The minimum absolute atomic E-state index is 0.0656. The van der Waals surface area contributed by atoms with Crippen molar-refractivity contribution in [3.05, 3.63) is 71.0 Å². The molecule has 128 valence electrons. The molecule has 0 fully saturated rings. The fraction of sp³-hybridized carbons (Fsp3) is 0.158. The van der Waals surface area contributed by atoms with E-state index in [-0.39, 0.29) is 30.7 Å². The van der Waals surface area contributed by atoms with Gasteiger partial charge in [0.2, 0.25) is 0 Å². The third-order valence-electron chi connectivity index (χ3n) is 3.17. The topological polar surface area (TPSA) is 75.6 Å². The van der Waals surface area contributed by atoms with Crippen molar-refractivity contribution in [1.29, 1.82) is 0 Å². The van der Waals surface area contributed by atoms with E-state index in [9.17, 15) is 14.0 Å². The molecule has 2 rings (SSSR count). The molecule has 0 aliphatic carbocycles. The molecule has 0 saturated carbocycles. The van der Waals surface area contributed by atoms with Crippen molar-refractivity contribution in [2.75, 3.05) is 6.54 Å². The number of nitrogens with one attached hydrogen (secondary N) is 1. The first-order chi connectivity index (χ1) is 12.1. The minimum Gasteiger partial charge on any atom is -0.478 e. The van der Waals surface area contributed by atoms with E-state index in [4.69, 9.17) is 9.84 Å². The molecule has 0 aliphatic heterocycles. The molecule has 25 heavy (non-hydrogen) atoms. The quantitative estimate of drug-likeness (QED) is 0.647. The Hall–Kier alpha value is -3.33. The number of ether oxygens (including phenoxy) is 1. The first-order valence-corrected chi connectivity index (χ1v) is 7.52. The molecule has 0 heterocycles. The number of carbonyl (C=O) groups excluding carboxylic acids is 1. The van der Waals surface area contributed by atoms with Crippen LogP contribution in [0.3, 0.4) is 0 Å². The van der Waals surface area contributed by atoms with Crippen LogP contribution in [0.15, 0.2) is 48.5 Å². The van der Waals surface area contributed by atoms with Gasteiger partial charge in [0.25, 0.3) is 0 Å². The summed E-state index contributed by atoms with van der Waals surface area (Å²) in [6, 6.07) is 12.6. The van der Waals surface area contributed by atoms with E-state index in [0.29, 0.717) is 0 Å². The lowest BCUT2D eigenvalue weighted by Crippen LogP contribution is -2.24. The van der Waals surface area contributed by atoms with Gasteiger partial charge in [0.15, 0.2) is 0 Å². The summed E-state index contributed by atoms with van der Waals surface area (Å²) in [7, 11) is 0. The van der Waals surface area contributed by atoms with E-state index in [1.54, 1.807) is 0 Å². The number of hydrogen-bond acceptors (Lipinski definition) is 3. The molecule has 0 aliphatic rings. The van der Waals surface area contributed by atoms with Crippen LogP contribution in [0.1, 0.15) is 27.9 Å². The maximum atomic E-state index is 13.2. The number of amides is 1. The second-order valence-corrected chi connectivity index (χ2v) is 5.04. The Bertz CT molecular complexity index is 809. The smallest absolute Gasteiger partial charge is 0.407 e. The number of benzene rings is 2. The Morgan fingerprint density at radius 1 is 1.16 bits per heavy atom. The van der Waals surface area contributed by atoms with Gasteiger partial charge in [0.1, 0.15) is 12.4 Å². The molecule has 2 aromatic carbocycles. The number of halogens is 1. The number of hydrogen-bond donors (Lipinski definition) is 2. The molecule has 1 amide bonds. The average Bonchev–Trinajstić information content (AvgIpc) is 2.60. The molecule has 0 radical (unpaired) electrons. The summed E-state index contributed by atoms with van der Waals surface area (Å²) in [6.45, 7) is 0.405. The van der Waals surface area contributed by atoms with Crippen LogP contribution in [-0.2, 0) is 11.3 Å². The lowest BCUT2D eigenvalue weighted by atomic mass is 10.1. The van der Waals surface area contributed by atoms with Crippen LogP contribution in [-0.4, -0.2) is 23.7 Å². The van der Waals surface area contributed by atoms with Crippen molar-refractivity contribution >= 4 is 12.1 Å². The highest BCUT2D eigenvalue weighted by atomic mass is 19.1. The summed E-state index contributed by atoms with van der Waals surface area (Å²) in [5.41, 5.74) is 0.910. The highest BCUT2D eigenvalue weighted by Crippen LogP contribution is 2.10. The van der Waals surface area contributed by atoms with Gasteiger partial charge in [0, 0.05) is 18.5 Å². The van der Waals surface area contributed by atoms with Crippen LogP contribution >= 0.6 is 0 Å². The van der Waals surface area contributed by atoms with Gasteiger partial charge >= 0.3 is 12.1 Å². The summed E-state index contributed by atoms with van der Waals surface area (Å²) in [6.07, 6.45) is -0.293. The van der Waals surface area contributed by atoms with Crippen molar-refractivity contribution in [2.24, 2.45) is 0 Å². The third kappa shape index (κ3) is 5.99. The van der Waals surface area contributed by atoms with Crippen LogP contribution in [0.2, 0.25) is 0 Å². The van der Waals surface area contributed by atoms with Crippen LogP contribution in [0.5, 0.6) is 0 Å². The molecule has 0 atom stereocenters. The van der Waals surface area contributed by atoms with Gasteiger partial charge in [-0.1, -0.05) is 42.2 Å². The molecule has 0 saturated heterocycles. The number of carboxylic acid groups (broad SMARTS) is 1. The molecule has 6 heteroatoms. The molecular formula is C19H16FNO4. The zero-order valence-corrected chi connectivity index (χ0v) is 13.3. The highest BCUT2D eigenvalue weighted by Gasteiger charge is 2.08. The Kier molecular flexibility index (Phi) is 6.55. The van der Waals surface area contributed by atoms with Gasteiger partial charge in [-0.2, -0.15) is 0 Å². The number of carboxylic acids is 1. The Morgan fingerprint density at radius 3 is 2.64 bits per heavy atom. The van der Waals surface area contributed by atoms with E-state index < -0.39 is 17.9 Å². The van der Waals surface area contributed by atoms with E-state index in [1.165, 1.54) is 6.07 Å². The second-order valence-electron chi connectivity index (χ2n) is 5.04. The van der Waals surface area contributed by atoms with Crippen molar-refractivity contribution < 1.29 is 23.8 Å². The molecule has 0 aromatic heterocycles. The number of rotatable bonds is 5. The number of aromatic carboxylic acids is 1. The van der Waals surface area contributed by atoms with Crippen molar-refractivity contribution in [1.82, 2.24) is 5.32 Å². The Balaban J connectivity index is 1.78. The van der Waals surface area contributed by atoms with Gasteiger partial charge in [-0.05, 0) is 23.8 Å². The van der Waals surface area contributed by atoms with Crippen LogP contribution < -0.4 is 5.32 Å². The number of alkyl carbamates (subject to hydrolysis) is 1. The fourth-order valence-corrected chi connectivity index (χ4v) is 1.97. The van der Waals surface area contributed by atoms with Crippen molar-refractivity contribution in [3.63, 3.8) is 0 Å². The lowest BCUT2D eigenvalue weighted by Gasteiger charge is -2.05. The summed E-state index contributed by atoms with van der Waals surface area (Å²) < 4.78 is 18.2. The summed E-state index contributed by atoms with van der Waals surface area (Å²) in [5.74, 6) is 3.57. The summed E-state index contributed by atoms with van der Waals surface area (Å²) >= 11 is 0. The molecule has 0 spiro atoms. The zero-order chi connectivity index (χ0) is 18.1. The maximum Gasteiger partial charge on any atom is 0.407 e. The molecule has 0 bridgehead atoms. The normalized spacial score (nSPS) is 9.64. The summed E-state index contributed by atoms with van der Waals surface area (Å²) in [4.78, 5) is 22.6. The predicted molar refractivity (Wildman–Crippen MR) is 89.5 cm³/mol. The number of carbonyl (C=O) groups is 2. The molecule has 2 aromatic rings. The van der Waals surface area contributed by atoms with Gasteiger partial charge in [-0.15, -0.1) is 0 Å². The molecule has 0 unspecified atom stereocenters. The standard InChI is InChI=1S/C19H16FNO4/c20-16-9-10-17(18(22)23)15(12-16)8-4-5-11-21-19(24)25-13-14-6-2-1-3-7-14/h1-3,6-7,9-10,12H,5,11,13H2,(H,21,24)(H,22,23). The Morgan fingerprint density at radius 2 is 1.92 bits per heavy atom. The maximum absolute atomic E-state index is 13.2. The van der Waals surface area contributed by atoms with Gasteiger partial charge in [-0.25, -0.2) is 14.0 Å². The minimum atomic E-state index is -1.17. The van der Waals surface area contributed by atoms with Crippen molar-refractivity contribution in [3.8, 4) is 11.8 Å². The molecule has 5 nitrogen and oxygen atoms in total. The highest BCUT2D eigenvalue weighted by molar-refractivity contribution is 5.90. The third-order valence-corrected chi connectivity index (χ3v) is 3.17. The van der Waals surface area contributed by atoms with Gasteiger partial charge < -0.3 is 15.2 Å². The van der Waals surface area contributed by atoms with E-state index in [1.807, 2.05) is 30.3 Å². The average molecular weight is 341 g/mol. The van der Waals surface area contributed by atoms with E-state index in [0.717, 1.165) is 17.7 Å². The van der Waals surface area contributed by atoms with E-state index >= 15 is 0 Å². The second kappa shape index (κ2) is 9.08. The molecular weight excluding hydrogens is 325 g/mol. The monoisotopic (exact) mass is 341 g/mol. The Labute approximate surface area is 144 Å². The van der Waals surface area contributed by atoms with Gasteiger partial charge in [0.05, 0.1) is 5.56 Å². The zero-order valence-electron chi connectivity index (χ0n) is 13.3. The first-order valence-electron chi connectivity index (χ1n) is 7.52. The van der Waals surface area contributed by atoms with Crippen LogP contribution in [0.25, 0.3) is 0 Å². The van der Waals surface area contributed by atoms with Crippen molar-refractivity contribution in [2.45, 2.75) is 13.0 Å².